The first-order valence-corrected chi connectivity index (χ1v) is 7.21. The Balaban J connectivity index is 1.72. The van der Waals surface area contributed by atoms with E-state index in [1.807, 2.05) is 20.8 Å². The van der Waals surface area contributed by atoms with Crippen molar-refractivity contribution in [3.63, 3.8) is 0 Å². The van der Waals surface area contributed by atoms with Gasteiger partial charge in [0.25, 0.3) is 5.91 Å². The molecule has 0 aliphatic carbocycles. The smallest absolute Gasteiger partial charge is 0.256 e. The maximum absolute atomic E-state index is 12.2. The molecular formula is C17H17N3O3. The lowest BCUT2D eigenvalue weighted by molar-refractivity contribution is 0.102. The molecule has 0 unspecified atom stereocenters. The Bertz CT molecular complexity index is 796. The topological polar surface area (TPSA) is 81.2 Å². The Morgan fingerprint density at radius 3 is 2.48 bits per heavy atom. The number of amides is 1. The van der Waals surface area contributed by atoms with Crippen LogP contribution in [0.1, 0.15) is 36.9 Å². The summed E-state index contributed by atoms with van der Waals surface area (Å²) < 4.78 is 10.5. The molecule has 6 heteroatoms. The van der Waals surface area contributed by atoms with Crippen molar-refractivity contribution in [2.45, 2.75) is 26.2 Å². The van der Waals surface area contributed by atoms with Crippen LogP contribution in [-0.2, 0) is 5.41 Å². The van der Waals surface area contributed by atoms with Crippen molar-refractivity contribution in [1.82, 2.24) is 10.1 Å². The van der Waals surface area contributed by atoms with Crippen LogP contribution in [0.25, 0.3) is 11.3 Å². The molecule has 0 atom stereocenters. The lowest BCUT2D eigenvalue weighted by Crippen LogP contribution is -2.12. The molecule has 3 aromatic rings. The van der Waals surface area contributed by atoms with Crippen LogP contribution in [0.3, 0.4) is 0 Å². The predicted octanol–water partition coefficient (Wildman–Crippen LogP) is 3.88. The van der Waals surface area contributed by atoms with Crippen LogP contribution in [-0.4, -0.2) is 16.0 Å². The molecule has 0 aliphatic rings. The lowest BCUT2D eigenvalue weighted by Gasteiger charge is -2.12. The van der Waals surface area contributed by atoms with Crippen molar-refractivity contribution in [2.24, 2.45) is 0 Å². The third kappa shape index (κ3) is 3.31. The number of benzene rings is 1. The molecule has 1 aromatic carbocycles. The van der Waals surface area contributed by atoms with Gasteiger partial charge in [0.15, 0.2) is 18.0 Å². The molecule has 23 heavy (non-hydrogen) atoms. The van der Waals surface area contributed by atoms with Gasteiger partial charge in [-0.3, -0.25) is 4.79 Å². The van der Waals surface area contributed by atoms with Crippen molar-refractivity contribution >= 4 is 11.7 Å². The highest BCUT2D eigenvalue weighted by Crippen LogP contribution is 2.25. The van der Waals surface area contributed by atoms with Crippen LogP contribution in [0, 0.1) is 0 Å². The number of aromatic nitrogens is 2. The molecule has 0 radical (unpaired) electrons. The fourth-order valence-electron chi connectivity index (χ4n) is 2.02. The first-order chi connectivity index (χ1) is 10.9. The van der Waals surface area contributed by atoms with Gasteiger partial charge in [0.2, 0.25) is 0 Å². The predicted molar refractivity (Wildman–Crippen MR) is 85.1 cm³/mol. The highest BCUT2D eigenvalue weighted by molar-refractivity contribution is 6.03. The van der Waals surface area contributed by atoms with Gasteiger partial charge >= 0.3 is 0 Å². The van der Waals surface area contributed by atoms with E-state index in [0.29, 0.717) is 22.9 Å². The van der Waals surface area contributed by atoms with Crippen molar-refractivity contribution < 1.29 is 13.7 Å². The Hall–Kier alpha value is -2.89. The number of nitrogens with one attached hydrogen (secondary N) is 1. The molecule has 2 heterocycles. The number of rotatable bonds is 3. The van der Waals surface area contributed by atoms with Crippen LogP contribution < -0.4 is 5.32 Å². The second-order valence-electron chi connectivity index (χ2n) is 6.22. The normalized spacial score (nSPS) is 11.4. The van der Waals surface area contributed by atoms with Gasteiger partial charge in [-0.15, -0.1) is 0 Å². The van der Waals surface area contributed by atoms with E-state index in [9.17, 15) is 4.79 Å². The molecule has 0 bridgehead atoms. The summed E-state index contributed by atoms with van der Waals surface area (Å²) in [4.78, 5) is 16.1. The summed E-state index contributed by atoms with van der Waals surface area (Å²) in [6.07, 6.45) is 2.99. The van der Waals surface area contributed by atoms with E-state index in [-0.39, 0.29) is 11.3 Å². The molecule has 0 saturated heterocycles. The average molecular weight is 311 g/mol. The molecule has 1 amide bonds. The van der Waals surface area contributed by atoms with Gasteiger partial charge in [0.05, 0.1) is 6.20 Å². The zero-order chi connectivity index (χ0) is 16.4. The minimum atomic E-state index is -0.247. The van der Waals surface area contributed by atoms with Gasteiger partial charge in [-0.05, 0) is 12.1 Å². The number of carbonyl (C=O) groups is 1. The van der Waals surface area contributed by atoms with Crippen LogP contribution in [0.4, 0.5) is 5.82 Å². The monoisotopic (exact) mass is 311 g/mol. The van der Waals surface area contributed by atoms with E-state index in [1.165, 1.54) is 6.39 Å². The molecule has 1 N–H and O–H groups in total. The standard InChI is InChI=1S/C17H17N3O3/c1-17(2,3)14-8-15(20-23-14)19-16(21)12-6-4-11(5-7-12)13-9-18-10-22-13/h4-10H,1-3H3,(H,19,20,21). The number of hydrogen-bond acceptors (Lipinski definition) is 5. The summed E-state index contributed by atoms with van der Waals surface area (Å²) in [6, 6.07) is 8.79. The minimum absolute atomic E-state index is 0.158. The van der Waals surface area contributed by atoms with Crippen LogP contribution in [0.5, 0.6) is 0 Å². The van der Waals surface area contributed by atoms with Gasteiger partial charge in [-0.1, -0.05) is 38.1 Å². The summed E-state index contributed by atoms with van der Waals surface area (Å²) in [7, 11) is 0. The zero-order valence-corrected chi connectivity index (χ0v) is 13.2. The largest absolute Gasteiger partial charge is 0.444 e. The maximum Gasteiger partial charge on any atom is 0.256 e. The summed E-state index contributed by atoms with van der Waals surface area (Å²) in [5.74, 6) is 1.53. The summed E-state index contributed by atoms with van der Waals surface area (Å²) in [5.41, 5.74) is 1.22. The van der Waals surface area contributed by atoms with E-state index in [0.717, 1.165) is 5.56 Å². The second kappa shape index (κ2) is 5.72. The molecule has 3 rings (SSSR count). The molecule has 0 aliphatic heterocycles. The highest BCUT2D eigenvalue weighted by atomic mass is 16.5. The van der Waals surface area contributed by atoms with Gasteiger partial charge < -0.3 is 14.3 Å². The molecule has 118 valence electrons. The summed E-state index contributed by atoms with van der Waals surface area (Å²) >= 11 is 0. The Kier molecular flexibility index (Phi) is 3.73. The minimum Gasteiger partial charge on any atom is -0.444 e. The van der Waals surface area contributed by atoms with E-state index in [1.54, 1.807) is 36.5 Å². The van der Waals surface area contributed by atoms with Gasteiger partial charge in [-0.2, -0.15) is 0 Å². The number of carbonyl (C=O) groups excluding carboxylic acids is 1. The fraction of sp³-hybridized carbons (Fsp3) is 0.235. The summed E-state index contributed by atoms with van der Waals surface area (Å²) in [5, 5.41) is 6.60. The Morgan fingerprint density at radius 2 is 1.91 bits per heavy atom. The van der Waals surface area contributed by atoms with Crippen molar-refractivity contribution in [3.05, 3.63) is 54.2 Å². The first-order valence-electron chi connectivity index (χ1n) is 7.21. The summed E-state index contributed by atoms with van der Waals surface area (Å²) in [6.45, 7) is 6.05. The molecule has 0 fully saturated rings. The van der Waals surface area contributed by atoms with Crippen molar-refractivity contribution in [1.29, 1.82) is 0 Å². The second-order valence-corrected chi connectivity index (χ2v) is 6.22. The zero-order valence-electron chi connectivity index (χ0n) is 13.2. The molecule has 0 spiro atoms. The van der Waals surface area contributed by atoms with E-state index in [2.05, 4.69) is 15.5 Å². The fourth-order valence-corrected chi connectivity index (χ4v) is 2.02. The van der Waals surface area contributed by atoms with Crippen molar-refractivity contribution in [3.8, 4) is 11.3 Å². The number of anilines is 1. The Labute approximate surface area is 133 Å². The van der Waals surface area contributed by atoms with E-state index < -0.39 is 0 Å². The molecule has 0 saturated carbocycles. The molecular weight excluding hydrogens is 294 g/mol. The van der Waals surface area contributed by atoms with E-state index in [4.69, 9.17) is 8.94 Å². The molecule has 2 aromatic heterocycles. The van der Waals surface area contributed by atoms with Crippen molar-refractivity contribution in [2.75, 3.05) is 5.32 Å². The van der Waals surface area contributed by atoms with Gasteiger partial charge in [0, 0.05) is 22.6 Å². The molecule has 6 nitrogen and oxygen atoms in total. The number of oxazole rings is 1. The SMILES string of the molecule is CC(C)(C)c1cc(NC(=O)c2ccc(-c3cnco3)cc2)no1. The number of nitrogens with zero attached hydrogens (tertiary/aromatic N) is 2. The van der Waals surface area contributed by atoms with Crippen LogP contribution in [0.2, 0.25) is 0 Å². The third-order valence-electron chi connectivity index (χ3n) is 3.35. The van der Waals surface area contributed by atoms with Crippen LogP contribution >= 0.6 is 0 Å². The quantitative estimate of drug-likeness (QED) is 0.794. The maximum atomic E-state index is 12.2. The van der Waals surface area contributed by atoms with E-state index >= 15 is 0 Å². The third-order valence-corrected chi connectivity index (χ3v) is 3.35. The van der Waals surface area contributed by atoms with Gasteiger partial charge in [0.1, 0.15) is 5.76 Å². The van der Waals surface area contributed by atoms with Crippen LogP contribution in [0.15, 0.2) is 51.9 Å². The highest BCUT2D eigenvalue weighted by Gasteiger charge is 2.20. The lowest BCUT2D eigenvalue weighted by atomic mass is 9.93. The first kappa shape index (κ1) is 15.0. The van der Waals surface area contributed by atoms with Gasteiger partial charge in [-0.25, -0.2) is 4.98 Å². The Morgan fingerprint density at radius 1 is 1.17 bits per heavy atom. The number of hydrogen-bond donors (Lipinski definition) is 1. The average Bonchev–Trinajstić information content (AvgIpc) is 3.18.